The summed E-state index contributed by atoms with van der Waals surface area (Å²) < 4.78 is 2.53. The summed E-state index contributed by atoms with van der Waals surface area (Å²) in [5.74, 6) is 0. The van der Waals surface area contributed by atoms with Gasteiger partial charge in [-0.05, 0) is 53.5 Å². The van der Waals surface area contributed by atoms with Crippen molar-refractivity contribution in [3.8, 4) is 11.1 Å². The van der Waals surface area contributed by atoms with Crippen LogP contribution in [0, 0.1) is 0 Å². The fourth-order valence-electron chi connectivity index (χ4n) is 4.61. The van der Waals surface area contributed by atoms with Crippen LogP contribution in [0.2, 0.25) is 0 Å². The Morgan fingerprint density at radius 1 is 0.571 bits per heavy atom. The molecule has 0 radical (unpaired) electrons. The van der Waals surface area contributed by atoms with E-state index in [1.165, 1.54) is 20.2 Å². The molecule has 3 nitrogen and oxygen atoms in total. The van der Waals surface area contributed by atoms with Gasteiger partial charge in [0, 0.05) is 37.1 Å². The molecule has 1 aromatic heterocycles. The minimum absolute atomic E-state index is 0.462. The van der Waals surface area contributed by atoms with Crippen LogP contribution < -0.4 is 10.4 Å². The van der Waals surface area contributed by atoms with Crippen molar-refractivity contribution in [3.05, 3.63) is 121 Å². The molecule has 0 fully saturated rings. The van der Waals surface area contributed by atoms with E-state index in [1.54, 1.807) is 23.5 Å². The van der Waals surface area contributed by atoms with Crippen LogP contribution >= 0.6 is 11.3 Å². The maximum Gasteiger partial charge on any atom is 0.488 e. The number of anilines is 3. The molecule has 0 spiro atoms. The molecule has 5 heteroatoms. The smallest absolute Gasteiger partial charge is 0.423 e. The van der Waals surface area contributed by atoms with Crippen molar-refractivity contribution in [2.75, 3.05) is 4.90 Å². The first-order valence-electron chi connectivity index (χ1n) is 11.5. The van der Waals surface area contributed by atoms with Gasteiger partial charge in [0.05, 0.1) is 5.69 Å². The SMILES string of the molecule is OB(O)c1ccc(N(c2ccc3sc4ccccc4c3c2)c2ccccc2-c2ccccc2)cc1. The fourth-order valence-corrected chi connectivity index (χ4v) is 5.69. The molecular weight excluding hydrogens is 449 g/mol. The molecule has 2 N–H and O–H groups in total. The lowest BCUT2D eigenvalue weighted by Crippen LogP contribution is -2.29. The Labute approximate surface area is 208 Å². The Kier molecular flexibility index (Phi) is 5.59. The highest BCUT2D eigenvalue weighted by molar-refractivity contribution is 7.25. The van der Waals surface area contributed by atoms with Crippen molar-refractivity contribution in [3.63, 3.8) is 0 Å². The van der Waals surface area contributed by atoms with Gasteiger partial charge in [0.25, 0.3) is 0 Å². The predicted molar refractivity (Wildman–Crippen MR) is 149 cm³/mol. The van der Waals surface area contributed by atoms with Crippen LogP contribution in [0.15, 0.2) is 121 Å². The van der Waals surface area contributed by atoms with E-state index in [-0.39, 0.29) is 0 Å². The number of fused-ring (bicyclic) bond motifs is 3. The van der Waals surface area contributed by atoms with Gasteiger partial charge in [-0.1, -0.05) is 78.9 Å². The van der Waals surface area contributed by atoms with Crippen molar-refractivity contribution >= 4 is 61.2 Å². The molecule has 0 saturated carbocycles. The summed E-state index contributed by atoms with van der Waals surface area (Å²) in [6.45, 7) is 0. The molecule has 5 aromatic carbocycles. The summed E-state index contributed by atoms with van der Waals surface area (Å²) in [5.41, 5.74) is 5.75. The molecule has 6 aromatic rings. The Hall–Kier alpha value is -3.90. The number of thiophene rings is 1. The zero-order valence-electron chi connectivity index (χ0n) is 18.9. The first-order valence-corrected chi connectivity index (χ1v) is 12.3. The fraction of sp³-hybridized carbons (Fsp3) is 0. The van der Waals surface area contributed by atoms with Gasteiger partial charge in [-0.2, -0.15) is 0 Å². The second-order valence-electron chi connectivity index (χ2n) is 8.46. The molecule has 0 bridgehead atoms. The minimum atomic E-state index is -1.50. The van der Waals surface area contributed by atoms with Crippen molar-refractivity contribution in [1.29, 1.82) is 0 Å². The number of rotatable bonds is 5. The highest BCUT2D eigenvalue weighted by atomic mass is 32.1. The Morgan fingerprint density at radius 2 is 1.23 bits per heavy atom. The number of para-hydroxylation sites is 1. The van der Waals surface area contributed by atoms with Crippen LogP contribution in [-0.2, 0) is 0 Å². The molecule has 0 amide bonds. The lowest BCUT2D eigenvalue weighted by molar-refractivity contribution is 0.426. The van der Waals surface area contributed by atoms with Gasteiger partial charge in [-0.3, -0.25) is 0 Å². The number of benzene rings is 5. The molecule has 0 saturated heterocycles. The zero-order valence-corrected chi connectivity index (χ0v) is 19.7. The quantitative estimate of drug-likeness (QED) is 0.270. The Morgan fingerprint density at radius 3 is 2.03 bits per heavy atom. The molecule has 1 heterocycles. The van der Waals surface area contributed by atoms with Crippen molar-refractivity contribution in [2.24, 2.45) is 0 Å². The summed E-state index contributed by atoms with van der Waals surface area (Å²) in [6, 6.07) is 41.3. The lowest BCUT2D eigenvalue weighted by Gasteiger charge is -2.28. The van der Waals surface area contributed by atoms with Crippen molar-refractivity contribution < 1.29 is 10.0 Å². The third-order valence-electron chi connectivity index (χ3n) is 6.30. The van der Waals surface area contributed by atoms with Gasteiger partial charge < -0.3 is 14.9 Å². The summed E-state index contributed by atoms with van der Waals surface area (Å²) in [5, 5.41) is 21.7. The van der Waals surface area contributed by atoms with Gasteiger partial charge in [-0.25, -0.2) is 0 Å². The Balaban J connectivity index is 1.59. The number of nitrogens with zero attached hydrogens (tertiary/aromatic N) is 1. The molecule has 35 heavy (non-hydrogen) atoms. The van der Waals surface area contributed by atoms with E-state index in [2.05, 4.69) is 95.9 Å². The zero-order chi connectivity index (χ0) is 23.8. The van der Waals surface area contributed by atoms with Gasteiger partial charge >= 0.3 is 7.12 Å². The first kappa shape index (κ1) is 21.6. The minimum Gasteiger partial charge on any atom is -0.423 e. The maximum atomic E-state index is 9.62. The summed E-state index contributed by atoms with van der Waals surface area (Å²) in [6.07, 6.45) is 0. The molecule has 0 aliphatic heterocycles. The van der Waals surface area contributed by atoms with Crippen molar-refractivity contribution in [2.45, 2.75) is 0 Å². The lowest BCUT2D eigenvalue weighted by atomic mass is 9.80. The monoisotopic (exact) mass is 471 g/mol. The molecule has 168 valence electrons. The first-order chi connectivity index (χ1) is 17.2. The van der Waals surface area contributed by atoms with Crippen LogP contribution in [0.4, 0.5) is 17.1 Å². The Bertz CT molecular complexity index is 1630. The van der Waals surface area contributed by atoms with Crippen molar-refractivity contribution in [1.82, 2.24) is 0 Å². The normalized spacial score (nSPS) is 11.1. The largest absolute Gasteiger partial charge is 0.488 e. The van der Waals surface area contributed by atoms with Gasteiger partial charge in [0.1, 0.15) is 0 Å². The van der Waals surface area contributed by atoms with Gasteiger partial charge in [0.2, 0.25) is 0 Å². The third-order valence-corrected chi connectivity index (χ3v) is 7.45. The topological polar surface area (TPSA) is 43.7 Å². The summed E-state index contributed by atoms with van der Waals surface area (Å²) in [7, 11) is -1.50. The highest BCUT2D eigenvalue weighted by Gasteiger charge is 2.19. The maximum absolute atomic E-state index is 9.62. The average molecular weight is 471 g/mol. The van der Waals surface area contributed by atoms with Crippen LogP contribution in [0.3, 0.4) is 0 Å². The molecule has 0 aliphatic carbocycles. The van der Waals surface area contributed by atoms with E-state index >= 15 is 0 Å². The molecule has 6 rings (SSSR count). The second-order valence-corrected chi connectivity index (χ2v) is 9.55. The van der Waals surface area contributed by atoms with Crippen LogP contribution in [-0.4, -0.2) is 17.2 Å². The average Bonchev–Trinajstić information content (AvgIpc) is 3.28. The summed E-state index contributed by atoms with van der Waals surface area (Å²) in [4.78, 5) is 2.24. The molecular formula is C30H22BNO2S. The second kappa shape index (κ2) is 9.04. The standard InChI is InChI=1S/C30H22BNO2S/c33-31(34)22-14-16-23(17-15-22)32(28-12-6-4-10-25(28)21-8-2-1-3-9-21)24-18-19-30-27(20-24)26-11-5-7-13-29(26)35-30/h1-20,33-34H. The van der Waals surface area contributed by atoms with E-state index < -0.39 is 7.12 Å². The van der Waals surface area contributed by atoms with E-state index in [9.17, 15) is 10.0 Å². The van der Waals surface area contributed by atoms with E-state index in [0.717, 1.165) is 28.2 Å². The number of hydrogen-bond donors (Lipinski definition) is 2. The predicted octanol–water partition coefficient (Wildman–Crippen LogP) is 6.87. The van der Waals surface area contributed by atoms with Crippen LogP contribution in [0.5, 0.6) is 0 Å². The summed E-state index contributed by atoms with van der Waals surface area (Å²) >= 11 is 1.80. The molecule has 0 aliphatic rings. The van der Waals surface area contributed by atoms with E-state index in [0.29, 0.717) is 5.46 Å². The van der Waals surface area contributed by atoms with Crippen LogP contribution in [0.1, 0.15) is 0 Å². The number of hydrogen-bond acceptors (Lipinski definition) is 4. The van der Waals surface area contributed by atoms with E-state index in [4.69, 9.17) is 0 Å². The third kappa shape index (κ3) is 4.00. The van der Waals surface area contributed by atoms with Gasteiger partial charge in [-0.15, -0.1) is 11.3 Å². The van der Waals surface area contributed by atoms with Crippen LogP contribution in [0.25, 0.3) is 31.3 Å². The van der Waals surface area contributed by atoms with Gasteiger partial charge in [0.15, 0.2) is 0 Å². The molecule has 0 unspecified atom stereocenters. The highest BCUT2D eigenvalue weighted by Crippen LogP contribution is 2.43. The van der Waals surface area contributed by atoms with E-state index in [1.807, 2.05) is 18.2 Å². The molecule has 0 atom stereocenters.